The van der Waals surface area contributed by atoms with Gasteiger partial charge >= 0.3 is 0 Å². The average Bonchev–Trinajstić information content (AvgIpc) is 2.26. The summed E-state index contributed by atoms with van der Waals surface area (Å²) in [5.41, 5.74) is 3.41. The van der Waals surface area contributed by atoms with E-state index < -0.39 is 0 Å². The molecule has 0 saturated carbocycles. The van der Waals surface area contributed by atoms with Crippen molar-refractivity contribution in [3.8, 4) is 0 Å². The Morgan fingerprint density at radius 3 is 2.71 bits per heavy atom. The van der Waals surface area contributed by atoms with Gasteiger partial charge in [0.25, 0.3) is 0 Å². The van der Waals surface area contributed by atoms with Crippen molar-refractivity contribution in [2.24, 2.45) is 0 Å². The van der Waals surface area contributed by atoms with Crippen LogP contribution >= 0.6 is 0 Å². The summed E-state index contributed by atoms with van der Waals surface area (Å²) in [4.78, 5) is 2.39. The van der Waals surface area contributed by atoms with Gasteiger partial charge in [-0.15, -0.1) is 0 Å². The van der Waals surface area contributed by atoms with Crippen LogP contribution < -0.4 is 10.2 Å². The molecule has 0 unspecified atom stereocenters. The van der Waals surface area contributed by atoms with Crippen molar-refractivity contribution in [3.05, 3.63) is 23.8 Å². The van der Waals surface area contributed by atoms with Gasteiger partial charge in [-0.3, -0.25) is 0 Å². The minimum Gasteiger partial charge on any atom is -0.392 e. The van der Waals surface area contributed by atoms with Gasteiger partial charge in [0.2, 0.25) is 0 Å². The molecule has 0 amide bonds. The largest absolute Gasteiger partial charge is 0.392 e. The molecule has 94 valence electrons. The van der Waals surface area contributed by atoms with Gasteiger partial charge in [-0.1, -0.05) is 6.07 Å². The molecule has 0 saturated heterocycles. The lowest BCUT2D eigenvalue weighted by Gasteiger charge is -2.44. The third kappa shape index (κ3) is 2.39. The highest BCUT2D eigenvalue weighted by Gasteiger charge is 2.30. The molecule has 2 N–H and O–H groups in total. The third-order valence-electron chi connectivity index (χ3n) is 3.22. The maximum Gasteiger partial charge on any atom is 0.0682 e. The Morgan fingerprint density at radius 2 is 2.12 bits per heavy atom. The quantitative estimate of drug-likeness (QED) is 0.825. The zero-order valence-electron chi connectivity index (χ0n) is 11.1. The number of aliphatic hydroxyl groups excluding tert-OH is 1. The minimum absolute atomic E-state index is 0.0814. The van der Waals surface area contributed by atoms with E-state index in [1.807, 2.05) is 6.07 Å². The van der Waals surface area contributed by atoms with Crippen LogP contribution in [0.3, 0.4) is 0 Å². The Kier molecular flexibility index (Phi) is 3.04. The first-order chi connectivity index (χ1) is 7.93. The maximum absolute atomic E-state index is 9.23. The SMILES string of the molecule is CC(C)N1CC(C)(C)Nc2ccc(CO)cc21. The van der Waals surface area contributed by atoms with Crippen molar-refractivity contribution < 1.29 is 5.11 Å². The van der Waals surface area contributed by atoms with Gasteiger partial charge in [0.1, 0.15) is 0 Å². The predicted octanol–water partition coefficient (Wildman–Crippen LogP) is 2.60. The van der Waals surface area contributed by atoms with Gasteiger partial charge in [0, 0.05) is 18.1 Å². The smallest absolute Gasteiger partial charge is 0.0682 e. The Labute approximate surface area is 103 Å². The normalized spacial score (nSPS) is 17.9. The lowest BCUT2D eigenvalue weighted by molar-refractivity contribution is 0.282. The van der Waals surface area contributed by atoms with E-state index in [-0.39, 0.29) is 12.1 Å². The monoisotopic (exact) mass is 234 g/mol. The number of hydrogen-bond acceptors (Lipinski definition) is 3. The van der Waals surface area contributed by atoms with Gasteiger partial charge in [-0.25, -0.2) is 0 Å². The highest BCUT2D eigenvalue weighted by Crippen LogP contribution is 2.36. The Bertz CT molecular complexity index is 413. The molecular weight excluding hydrogens is 212 g/mol. The zero-order valence-corrected chi connectivity index (χ0v) is 11.1. The molecule has 3 nitrogen and oxygen atoms in total. The second kappa shape index (κ2) is 4.22. The summed E-state index contributed by atoms with van der Waals surface area (Å²) in [6.07, 6.45) is 0. The van der Waals surface area contributed by atoms with E-state index in [1.54, 1.807) is 0 Å². The fourth-order valence-corrected chi connectivity index (χ4v) is 2.39. The van der Waals surface area contributed by atoms with Crippen LogP contribution in [0, 0.1) is 0 Å². The number of hydrogen-bond donors (Lipinski definition) is 2. The molecule has 0 radical (unpaired) electrons. The number of fused-ring (bicyclic) bond motifs is 1. The van der Waals surface area contributed by atoms with Crippen molar-refractivity contribution in [2.45, 2.75) is 45.9 Å². The first-order valence-corrected chi connectivity index (χ1v) is 6.21. The zero-order chi connectivity index (χ0) is 12.6. The molecule has 3 heteroatoms. The molecule has 0 spiro atoms. The average molecular weight is 234 g/mol. The van der Waals surface area contributed by atoms with Crippen molar-refractivity contribution in [1.82, 2.24) is 0 Å². The molecule has 1 aliphatic rings. The number of aliphatic hydroxyl groups is 1. The van der Waals surface area contributed by atoms with Crippen LogP contribution in [0.15, 0.2) is 18.2 Å². The molecule has 0 fully saturated rings. The van der Waals surface area contributed by atoms with Crippen molar-refractivity contribution in [2.75, 3.05) is 16.8 Å². The van der Waals surface area contributed by atoms with Gasteiger partial charge in [-0.2, -0.15) is 0 Å². The summed E-state index contributed by atoms with van der Waals surface area (Å²) < 4.78 is 0. The summed E-state index contributed by atoms with van der Waals surface area (Å²) in [5.74, 6) is 0. The van der Waals surface area contributed by atoms with Crippen LogP contribution in [-0.4, -0.2) is 23.2 Å². The fraction of sp³-hybridized carbons (Fsp3) is 0.571. The van der Waals surface area contributed by atoms with Crippen LogP contribution in [0.1, 0.15) is 33.3 Å². The Balaban J connectivity index is 2.45. The second-order valence-electron chi connectivity index (χ2n) is 5.74. The van der Waals surface area contributed by atoms with E-state index in [1.165, 1.54) is 5.69 Å². The van der Waals surface area contributed by atoms with Crippen LogP contribution in [0.25, 0.3) is 0 Å². The second-order valence-corrected chi connectivity index (χ2v) is 5.74. The van der Waals surface area contributed by atoms with Crippen molar-refractivity contribution >= 4 is 11.4 Å². The summed E-state index contributed by atoms with van der Waals surface area (Å²) in [7, 11) is 0. The minimum atomic E-state index is 0.0814. The standard InChI is InChI=1S/C14H22N2O/c1-10(2)16-9-14(3,4)15-12-6-5-11(8-17)7-13(12)16/h5-7,10,15,17H,8-9H2,1-4H3. The summed E-state index contributed by atoms with van der Waals surface area (Å²) in [5, 5.41) is 12.8. The van der Waals surface area contributed by atoms with E-state index in [0.29, 0.717) is 6.04 Å². The lowest BCUT2D eigenvalue weighted by atomic mass is 9.97. The molecule has 2 rings (SSSR count). The van der Waals surface area contributed by atoms with E-state index in [0.717, 1.165) is 17.8 Å². The van der Waals surface area contributed by atoms with Gasteiger partial charge in [0.15, 0.2) is 0 Å². The Hall–Kier alpha value is -1.22. The van der Waals surface area contributed by atoms with E-state index in [2.05, 4.69) is 50.0 Å². The van der Waals surface area contributed by atoms with Crippen LogP contribution in [0.4, 0.5) is 11.4 Å². The summed E-state index contributed by atoms with van der Waals surface area (Å²) >= 11 is 0. The summed E-state index contributed by atoms with van der Waals surface area (Å²) in [6, 6.07) is 6.59. The lowest BCUT2D eigenvalue weighted by Crippen LogP contribution is -2.50. The van der Waals surface area contributed by atoms with E-state index in [9.17, 15) is 5.11 Å². The van der Waals surface area contributed by atoms with Crippen LogP contribution in [0.5, 0.6) is 0 Å². The van der Waals surface area contributed by atoms with Crippen LogP contribution in [0.2, 0.25) is 0 Å². The first-order valence-electron chi connectivity index (χ1n) is 6.21. The number of nitrogens with one attached hydrogen (secondary N) is 1. The van der Waals surface area contributed by atoms with Crippen LogP contribution in [-0.2, 0) is 6.61 Å². The molecule has 0 aromatic heterocycles. The first kappa shape index (κ1) is 12.2. The van der Waals surface area contributed by atoms with Gasteiger partial charge in [-0.05, 0) is 45.4 Å². The number of anilines is 2. The molecular formula is C14H22N2O. The number of nitrogens with zero attached hydrogens (tertiary/aromatic N) is 1. The van der Waals surface area contributed by atoms with Gasteiger partial charge < -0.3 is 15.3 Å². The van der Waals surface area contributed by atoms with Crippen molar-refractivity contribution in [3.63, 3.8) is 0 Å². The summed E-state index contributed by atoms with van der Waals surface area (Å²) in [6.45, 7) is 9.92. The molecule has 0 bridgehead atoms. The topological polar surface area (TPSA) is 35.5 Å². The molecule has 1 aromatic rings. The highest BCUT2D eigenvalue weighted by atomic mass is 16.3. The predicted molar refractivity (Wildman–Crippen MR) is 72.5 cm³/mol. The molecule has 1 heterocycles. The van der Waals surface area contributed by atoms with Crippen molar-refractivity contribution in [1.29, 1.82) is 0 Å². The molecule has 1 aliphatic heterocycles. The molecule has 0 aliphatic carbocycles. The fourth-order valence-electron chi connectivity index (χ4n) is 2.39. The number of rotatable bonds is 2. The Morgan fingerprint density at radius 1 is 1.41 bits per heavy atom. The molecule has 0 atom stereocenters. The highest BCUT2D eigenvalue weighted by molar-refractivity contribution is 5.74. The molecule has 1 aromatic carbocycles. The third-order valence-corrected chi connectivity index (χ3v) is 3.22. The van der Waals surface area contributed by atoms with Gasteiger partial charge in [0.05, 0.1) is 18.0 Å². The van der Waals surface area contributed by atoms with E-state index >= 15 is 0 Å². The van der Waals surface area contributed by atoms with E-state index in [4.69, 9.17) is 0 Å². The molecule has 17 heavy (non-hydrogen) atoms. The number of benzene rings is 1. The maximum atomic E-state index is 9.23.